The first-order chi connectivity index (χ1) is 11.9. The number of methoxy groups -OCH3 is 1. The molecule has 1 aliphatic rings. The Bertz CT molecular complexity index is 663. The minimum Gasteiger partial charge on any atom is -0.383 e. The molecule has 0 unspecified atom stereocenters. The van der Waals surface area contributed by atoms with Gasteiger partial charge in [0, 0.05) is 32.7 Å². The maximum atomic E-state index is 12.8. The largest absolute Gasteiger partial charge is 0.383 e. The lowest BCUT2D eigenvalue weighted by atomic mass is 9.97. The maximum absolute atomic E-state index is 12.8. The van der Waals surface area contributed by atoms with Crippen LogP contribution in [0.3, 0.4) is 0 Å². The van der Waals surface area contributed by atoms with Gasteiger partial charge in [0.25, 0.3) is 0 Å². The van der Waals surface area contributed by atoms with Gasteiger partial charge in [-0.3, -0.25) is 4.79 Å². The summed E-state index contributed by atoms with van der Waals surface area (Å²) in [7, 11) is -1.91. The molecule has 1 amide bonds. The van der Waals surface area contributed by atoms with Gasteiger partial charge in [0.2, 0.25) is 15.9 Å². The average molecular weight is 368 g/mol. The Hall–Kier alpha value is -1.44. The summed E-state index contributed by atoms with van der Waals surface area (Å²) in [5.41, 5.74) is 1.12. The Morgan fingerprint density at radius 2 is 1.84 bits per heavy atom. The second-order valence-corrected chi connectivity index (χ2v) is 8.62. The van der Waals surface area contributed by atoms with Crippen molar-refractivity contribution in [2.75, 3.05) is 33.4 Å². The molecule has 1 aromatic carbocycles. The summed E-state index contributed by atoms with van der Waals surface area (Å²) < 4.78 is 31.9. The van der Waals surface area contributed by atoms with Crippen molar-refractivity contribution >= 4 is 15.9 Å². The van der Waals surface area contributed by atoms with Crippen LogP contribution >= 0.6 is 0 Å². The van der Waals surface area contributed by atoms with Crippen LogP contribution in [0.2, 0.25) is 0 Å². The number of carbonyl (C=O) groups excluding carboxylic acids is 1. The van der Waals surface area contributed by atoms with Gasteiger partial charge in [-0.25, -0.2) is 8.42 Å². The first-order valence-electron chi connectivity index (χ1n) is 8.73. The van der Waals surface area contributed by atoms with Crippen molar-refractivity contribution in [2.24, 2.45) is 5.92 Å². The highest BCUT2D eigenvalue weighted by Crippen LogP contribution is 2.25. The first-order valence-corrected chi connectivity index (χ1v) is 10.2. The van der Waals surface area contributed by atoms with Gasteiger partial charge >= 0.3 is 0 Å². The van der Waals surface area contributed by atoms with Crippen LogP contribution in [-0.4, -0.2) is 52.0 Å². The first kappa shape index (κ1) is 19.9. The number of carbonyl (C=O) groups is 1. The molecule has 0 atom stereocenters. The molecule has 6 nitrogen and oxygen atoms in total. The zero-order valence-electron chi connectivity index (χ0n) is 15.2. The van der Waals surface area contributed by atoms with Crippen molar-refractivity contribution in [1.29, 1.82) is 0 Å². The molecule has 7 heteroatoms. The standard InChI is InChI=1S/C18H28N2O4S/c1-14(2)15-4-6-17(7-5-15)25(22,23)20-11-8-16(9-12-20)18(21)19-10-13-24-3/h4-7,14,16H,8-13H2,1-3H3,(H,19,21). The third-order valence-corrected chi connectivity index (χ3v) is 6.53. The van der Waals surface area contributed by atoms with Crippen LogP contribution in [0.5, 0.6) is 0 Å². The highest BCUT2D eigenvalue weighted by molar-refractivity contribution is 7.89. The monoisotopic (exact) mass is 368 g/mol. The van der Waals surface area contributed by atoms with Gasteiger partial charge in [-0.2, -0.15) is 4.31 Å². The smallest absolute Gasteiger partial charge is 0.243 e. The minimum absolute atomic E-state index is 0.0182. The molecule has 1 saturated heterocycles. The lowest BCUT2D eigenvalue weighted by Gasteiger charge is -2.30. The fourth-order valence-corrected chi connectivity index (χ4v) is 4.42. The summed E-state index contributed by atoms with van der Waals surface area (Å²) in [5.74, 6) is 0.214. The third kappa shape index (κ3) is 5.03. The summed E-state index contributed by atoms with van der Waals surface area (Å²) in [6.07, 6.45) is 1.09. The minimum atomic E-state index is -3.49. The fraction of sp³-hybridized carbons (Fsp3) is 0.611. The topological polar surface area (TPSA) is 75.7 Å². The normalized spacial score (nSPS) is 17.0. The molecule has 2 rings (SSSR count). The van der Waals surface area contributed by atoms with E-state index in [-0.39, 0.29) is 11.8 Å². The lowest BCUT2D eigenvalue weighted by molar-refractivity contribution is -0.126. The van der Waals surface area contributed by atoms with Gasteiger partial charge in [-0.15, -0.1) is 0 Å². The summed E-state index contributed by atoms with van der Waals surface area (Å²) in [5, 5.41) is 2.82. The molecule has 1 heterocycles. The molecular weight excluding hydrogens is 340 g/mol. The molecule has 1 fully saturated rings. The fourth-order valence-electron chi connectivity index (χ4n) is 2.95. The number of amides is 1. The predicted molar refractivity (Wildman–Crippen MR) is 96.9 cm³/mol. The number of nitrogens with zero attached hydrogens (tertiary/aromatic N) is 1. The van der Waals surface area contributed by atoms with E-state index in [2.05, 4.69) is 19.2 Å². The average Bonchev–Trinajstić information content (AvgIpc) is 2.62. The van der Waals surface area contributed by atoms with Crippen molar-refractivity contribution in [3.05, 3.63) is 29.8 Å². The zero-order chi connectivity index (χ0) is 18.4. The van der Waals surface area contributed by atoms with Crippen LogP contribution in [0.4, 0.5) is 0 Å². The van der Waals surface area contributed by atoms with E-state index in [1.807, 2.05) is 12.1 Å². The van der Waals surface area contributed by atoms with Gasteiger partial charge in [0.15, 0.2) is 0 Å². The van der Waals surface area contributed by atoms with E-state index in [1.54, 1.807) is 19.2 Å². The molecule has 0 aromatic heterocycles. The number of hydrogen-bond donors (Lipinski definition) is 1. The third-order valence-electron chi connectivity index (χ3n) is 4.61. The molecule has 0 spiro atoms. The van der Waals surface area contributed by atoms with E-state index in [0.29, 0.717) is 49.9 Å². The molecule has 1 N–H and O–H groups in total. The quantitative estimate of drug-likeness (QED) is 0.747. The Morgan fingerprint density at radius 1 is 1.24 bits per heavy atom. The zero-order valence-corrected chi connectivity index (χ0v) is 16.0. The molecule has 25 heavy (non-hydrogen) atoms. The Kier molecular flexibility index (Phi) is 6.98. The summed E-state index contributed by atoms with van der Waals surface area (Å²) in [6.45, 7) is 5.85. The molecule has 1 aliphatic heterocycles. The molecular formula is C18H28N2O4S. The highest BCUT2D eigenvalue weighted by Gasteiger charge is 2.31. The molecule has 0 aliphatic carbocycles. The highest BCUT2D eigenvalue weighted by atomic mass is 32.2. The van der Waals surface area contributed by atoms with E-state index in [9.17, 15) is 13.2 Å². The SMILES string of the molecule is COCCNC(=O)C1CCN(S(=O)(=O)c2ccc(C(C)C)cc2)CC1. The lowest BCUT2D eigenvalue weighted by Crippen LogP contribution is -2.43. The van der Waals surface area contributed by atoms with Crippen LogP contribution in [0.15, 0.2) is 29.2 Å². The predicted octanol–water partition coefficient (Wildman–Crippen LogP) is 1.97. The number of sulfonamides is 1. The van der Waals surface area contributed by atoms with E-state index >= 15 is 0 Å². The number of hydrogen-bond acceptors (Lipinski definition) is 4. The molecule has 1 aromatic rings. The second kappa shape index (κ2) is 8.78. The van der Waals surface area contributed by atoms with Gasteiger partial charge in [0.1, 0.15) is 0 Å². The van der Waals surface area contributed by atoms with Gasteiger partial charge in [-0.05, 0) is 36.5 Å². The van der Waals surface area contributed by atoms with Crippen LogP contribution < -0.4 is 5.32 Å². The van der Waals surface area contributed by atoms with Crippen molar-refractivity contribution in [2.45, 2.75) is 37.5 Å². The molecule has 0 bridgehead atoms. The summed E-state index contributed by atoms with van der Waals surface area (Å²) in [6, 6.07) is 7.09. The number of nitrogens with one attached hydrogen (secondary N) is 1. The van der Waals surface area contributed by atoms with Crippen LogP contribution in [0, 0.1) is 5.92 Å². The van der Waals surface area contributed by atoms with Gasteiger partial charge < -0.3 is 10.1 Å². The number of ether oxygens (including phenoxy) is 1. The summed E-state index contributed by atoms with van der Waals surface area (Å²) >= 11 is 0. The van der Waals surface area contributed by atoms with Crippen molar-refractivity contribution in [3.8, 4) is 0 Å². The summed E-state index contributed by atoms with van der Waals surface area (Å²) in [4.78, 5) is 12.4. The van der Waals surface area contributed by atoms with E-state index < -0.39 is 10.0 Å². The van der Waals surface area contributed by atoms with E-state index in [4.69, 9.17) is 4.74 Å². The van der Waals surface area contributed by atoms with Gasteiger partial charge in [0.05, 0.1) is 11.5 Å². The van der Waals surface area contributed by atoms with Crippen LogP contribution in [-0.2, 0) is 19.6 Å². The Morgan fingerprint density at radius 3 is 2.36 bits per heavy atom. The number of rotatable bonds is 7. The number of benzene rings is 1. The van der Waals surface area contributed by atoms with Gasteiger partial charge in [-0.1, -0.05) is 26.0 Å². The molecule has 140 valence electrons. The molecule has 0 saturated carbocycles. The van der Waals surface area contributed by atoms with Crippen molar-refractivity contribution < 1.29 is 17.9 Å². The van der Waals surface area contributed by atoms with Crippen molar-refractivity contribution in [3.63, 3.8) is 0 Å². The Balaban J connectivity index is 1.95. The number of piperidine rings is 1. The maximum Gasteiger partial charge on any atom is 0.243 e. The second-order valence-electron chi connectivity index (χ2n) is 6.69. The molecule has 0 radical (unpaired) electrons. The Labute approximate surface area is 150 Å². The van der Waals surface area contributed by atoms with Crippen LogP contribution in [0.1, 0.15) is 38.2 Å². The van der Waals surface area contributed by atoms with E-state index in [1.165, 1.54) is 4.31 Å². The van der Waals surface area contributed by atoms with Crippen molar-refractivity contribution in [1.82, 2.24) is 9.62 Å². The van der Waals surface area contributed by atoms with E-state index in [0.717, 1.165) is 5.56 Å². The van der Waals surface area contributed by atoms with Crippen LogP contribution in [0.25, 0.3) is 0 Å².